The number of aryl methyl sites for hydroxylation is 1. The first-order chi connectivity index (χ1) is 16.9. The molecule has 0 spiro atoms. The Balaban J connectivity index is 1.50. The SMILES string of the molecule is Cc1ccc(Cl)cc1N1C(=O)c2ccccc2C1(O)c1ccc2nc(Nc3ncccn3)[nH]c2c1. The number of H-pyrrole nitrogens is 1. The molecule has 0 bridgehead atoms. The number of nitrogens with one attached hydrogen (secondary N) is 2. The molecule has 0 fully saturated rings. The van der Waals surface area contributed by atoms with Crippen LogP contribution in [0, 0.1) is 6.92 Å². The molecule has 0 radical (unpaired) electrons. The average Bonchev–Trinajstić information content (AvgIpc) is 3.37. The van der Waals surface area contributed by atoms with Crippen LogP contribution < -0.4 is 10.2 Å². The Kier molecular flexibility index (Phi) is 4.80. The van der Waals surface area contributed by atoms with Gasteiger partial charge in [-0.25, -0.2) is 15.0 Å². The van der Waals surface area contributed by atoms with E-state index >= 15 is 0 Å². The number of amides is 1. The van der Waals surface area contributed by atoms with E-state index in [0.29, 0.717) is 50.3 Å². The topological polar surface area (TPSA) is 107 Å². The molecule has 0 aliphatic carbocycles. The second kappa shape index (κ2) is 7.90. The van der Waals surface area contributed by atoms with Gasteiger partial charge < -0.3 is 10.1 Å². The van der Waals surface area contributed by atoms with Gasteiger partial charge >= 0.3 is 0 Å². The molecule has 1 aliphatic heterocycles. The molecule has 9 heteroatoms. The molecular formula is C26H19ClN6O2. The Labute approximate surface area is 205 Å². The first-order valence-corrected chi connectivity index (χ1v) is 11.3. The van der Waals surface area contributed by atoms with E-state index in [9.17, 15) is 9.90 Å². The third kappa shape index (κ3) is 3.34. The molecule has 6 rings (SSSR count). The van der Waals surface area contributed by atoms with E-state index in [4.69, 9.17) is 11.6 Å². The van der Waals surface area contributed by atoms with Crippen LogP contribution in [-0.4, -0.2) is 30.9 Å². The maximum absolute atomic E-state index is 13.6. The summed E-state index contributed by atoms with van der Waals surface area (Å²) in [4.78, 5) is 31.0. The average molecular weight is 483 g/mol. The zero-order valence-corrected chi connectivity index (χ0v) is 19.3. The summed E-state index contributed by atoms with van der Waals surface area (Å²) in [5.41, 5.74) is 2.39. The molecule has 5 aromatic rings. The highest BCUT2D eigenvalue weighted by Gasteiger charge is 2.51. The van der Waals surface area contributed by atoms with Gasteiger partial charge in [0.15, 0.2) is 5.72 Å². The van der Waals surface area contributed by atoms with Crippen LogP contribution in [0.25, 0.3) is 11.0 Å². The van der Waals surface area contributed by atoms with Crippen LogP contribution in [0.1, 0.15) is 27.0 Å². The molecule has 1 aliphatic rings. The Morgan fingerprint density at radius 2 is 1.83 bits per heavy atom. The number of rotatable bonds is 4. The number of anilines is 3. The summed E-state index contributed by atoms with van der Waals surface area (Å²) < 4.78 is 0. The number of aliphatic hydroxyl groups is 1. The van der Waals surface area contributed by atoms with E-state index in [1.54, 1.807) is 67.0 Å². The Morgan fingerprint density at radius 3 is 2.66 bits per heavy atom. The maximum atomic E-state index is 13.6. The van der Waals surface area contributed by atoms with Crippen molar-refractivity contribution >= 4 is 46.1 Å². The van der Waals surface area contributed by atoms with Crippen LogP contribution in [0.3, 0.4) is 0 Å². The van der Waals surface area contributed by atoms with Crippen LogP contribution in [-0.2, 0) is 5.72 Å². The van der Waals surface area contributed by atoms with E-state index in [1.165, 1.54) is 4.90 Å². The zero-order valence-electron chi connectivity index (χ0n) is 18.5. The van der Waals surface area contributed by atoms with Gasteiger partial charge in [-0.15, -0.1) is 0 Å². The molecule has 35 heavy (non-hydrogen) atoms. The van der Waals surface area contributed by atoms with Crippen molar-refractivity contribution in [1.29, 1.82) is 0 Å². The molecule has 1 atom stereocenters. The van der Waals surface area contributed by atoms with Crippen LogP contribution >= 0.6 is 11.6 Å². The van der Waals surface area contributed by atoms with Crippen molar-refractivity contribution in [1.82, 2.24) is 19.9 Å². The largest absolute Gasteiger partial charge is 0.363 e. The van der Waals surface area contributed by atoms with Crippen LogP contribution in [0.15, 0.2) is 79.1 Å². The van der Waals surface area contributed by atoms with Gasteiger partial charge in [0.2, 0.25) is 11.9 Å². The quantitative estimate of drug-likeness (QED) is 0.336. The van der Waals surface area contributed by atoms with Crippen LogP contribution in [0.5, 0.6) is 0 Å². The number of aromatic amines is 1. The molecule has 3 N–H and O–H groups in total. The predicted molar refractivity (Wildman–Crippen MR) is 134 cm³/mol. The number of fused-ring (bicyclic) bond motifs is 2. The standard InChI is InChI=1S/C26H19ClN6O2/c1-15-7-9-17(27)14-22(15)33-23(34)18-5-2-3-6-19(18)26(33,35)16-8-10-20-21(13-16)31-25(30-20)32-24-28-11-4-12-29-24/h2-14,35H,1H3,(H2,28,29,30,31,32). The van der Waals surface area contributed by atoms with Gasteiger partial charge in [0.05, 0.1) is 16.7 Å². The molecule has 8 nitrogen and oxygen atoms in total. The van der Waals surface area contributed by atoms with E-state index in [1.807, 2.05) is 19.1 Å². The van der Waals surface area contributed by atoms with E-state index in [0.717, 1.165) is 5.56 Å². The second-order valence-corrected chi connectivity index (χ2v) is 8.74. The van der Waals surface area contributed by atoms with Crippen molar-refractivity contribution in [2.75, 3.05) is 10.2 Å². The van der Waals surface area contributed by atoms with Gasteiger partial charge in [-0.05, 0) is 48.9 Å². The number of imidazole rings is 1. The number of carbonyl (C=O) groups is 1. The number of aromatic nitrogens is 4. The number of hydrogen-bond acceptors (Lipinski definition) is 6. The van der Waals surface area contributed by atoms with Gasteiger partial charge in [-0.1, -0.05) is 41.9 Å². The summed E-state index contributed by atoms with van der Waals surface area (Å²) in [5, 5.41) is 15.8. The minimum Gasteiger partial charge on any atom is -0.363 e. The first kappa shape index (κ1) is 21.3. The molecule has 172 valence electrons. The van der Waals surface area contributed by atoms with E-state index in [2.05, 4.69) is 25.3 Å². The fraction of sp³-hybridized carbons (Fsp3) is 0.0769. The minimum absolute atomic E-state index is 0.304. The lowest BCUT2D eigenvalue weighted by molar-refractivity contribution is 0.0703. The maximum Gasteiger partial charge on any atom is 0.261 e. The minimum atomic E-state index is -1.75. The monoisotopic (exact) mass is 482 g/mol. The number of halogens is 1. The molecule has 0 saturated carbocycles. The Morgan fingerprint density at radius 1 is 1.03 bits per heavy atom. The highest BCUT2D eigenvalue weighted by Crippen LogP contribution is 2.46. The molecule has 3 aromatic carbocycles. The molecular weight excluding hydrogens is 464 g/mol. The highest BCUT2D eigenvalue weighted by atomic mass is 35.5. The van der Waals surface area contributed by atoms with E-state index in [-0.39, 0.29) is 5.91 Å². The van der Waals surface area contributed by atoms with Crippen molar-refractivity contribution < 1.29 is 9.90 Å². The first-order valence-electron chi connectivity index (χ1n) is 10.9. The number of carbonyl (C=O) groups excluding carboxylic acids is 1. The zero-order chi connectivity index (χ0) is 24.2. The third-order valence-corrected chi connectivity index (χ3v) is 6.39. The van der Waals surface area contributed by atoms with Gasteiger partial charge in [-0.3, -0.25) is 15.0 Å². The van der Waals surface area contributed by atoms with Crippen molar-refractivity contribution in [2.24, 2.45) is 0 Å². The van der Waals surface area contributed by atoms with Crippen LogP contribution in [0.4, 0.5) is 17.6 Å². The second-order valence-electron chi connectivity index (χ2n) is 8.30. The fourth-order valence-electron chi connectivity index (χ4n) is 4.51. The summed E-state index contributed by atoms with van der Waals surface area (Å²) in [6.07, 6.45) is 3.26. The van der Waals surface area contributed by atoms with Crippen molar-refractivity contribution in [3.8, 4) is 0 Å². The smallest absolute Gasteiger partial charge is 0.261 e. The lowest BCUT2D eigenvalue weighted by atomic mass is 9.93. The molecule has 0 saturated heterocycles. The summed E-state index contributed by atoms with van der Waals surface area (Å²) in [5.74, 6) is 0.561. The molecule has 1 unspecified atom stereocenters. The number of benzene rings is 3. The van der Waals surface area contributed by atoms with Crippen LogP contribution in [0.2, 0.25) is 5.02 Å². The lowest BCUT2D eigenvalue weighted by Gasteiger charge is -2.35. The molecule has 3 heterocycles. The Bertz CT molecular complexity index is 1600. The Hall–Kier alpha value is -4.27. The predicted octanol–water partition coefficient (Wildman–Crippen LogP) is 4.91. The third-order valence-electron chi connectivity index (χ3n) is 6.15. The van der Waals surface area contributed by atoms with Gasteiger partial charge in [-0.2, -0.15) is 0 Å². The summed E-state index contributed by atoms with van der Waals surface area (Å²) in [7, 11) is 0. The van der Waals surface area contributed by atoms with Gasteiger partial charge in [0.25, 0.3) is 5.91 Å². The number of nitrogens with zero attached hydrogens (tertiary/aromatic N) is 4. The summed E-state index contributed by atoms with van der Waals surface area (Å²) in [6.45, 7) is 1.88. The molecule has 1 amide bonds. The van der Waals surface area contributed by atoms with Crippen molar-refractivity contribution in [3.05, 3.63) is 106 Å². The number of hydrogen-bond donors (Lipinski definition) is 3. The van der Waals surface area contributed by atoms with Crippen molar-refractivity contribution in [3.63, 3.8) is 0 Å². The van der Waals surface area contributed by atoms with Gasteiger partial charge in [0, 0.05) is 34.1 Å². The van der Waals surface area contributed by atoms with Gasteiger partial charge in [0.1, 0.15) is 0 Å². The summed E-state index contributed by atoms with van der Waals surface area (Å²) in [6, 6.07) is 19.5. The molecule has 2 aromatic heterocycles. The lowest BCUT2D eigenvalue weighted by Crippen LogP contribution is -2.45. The van der Waals surface area contributed by atoms with Crippen molar-refractivity contribution in [2.45, 2.75) is 12.6 Å². The normalized spacial score (nSPS) is 17.1. The fourth-order valence-corrected chi connectivity index (χ4v) is 4.67. The summed E-state index contributed by atoms with van der Waals surface area (Å²) >= 11 is 6.29. The highest BCUT2D eigenvalue weighted by molar-refractivity contribution is 6.31. The van der Waals surface area contributed by atoms with E-state index < -0.39 is 5.72 Å².